The molecular weight excluding hydrogens is 390 g/mol. The normalized spacial score (nSPS) is 11.5. The highest BCUT2D eigenvalue weighted by Gasteiger charge is 2.17. The number of aryl methyl sites for hydroxylation is 1. The number of nitrogens with zero attached hydrogens (tertiary/aromatic N) is 1. The Balaban J connectivity index is 1.90. The molecule has 0 aliphatic carbocycles. The van der Waals surface area contributed by atoms with Gasteiger partial charge in [-0.25, -0.2) is 13.1 Å². The van der Waals surface area contributed by atoms with E-state index in [-0.39, 0.29) is 10.6 Å². The summed E-state index contributed by atoms with van der Waals surface area (Å²) in [6, 6.07) is 10.6. The van der Waals surface area contributed by atoms with Gasteiger partial charge in [-0.3, -0.25) is 14.9 Å². The first-order chi connectivity index (χ1) is 12.7. The van der Waals surface area contributed by atoms with Gasteiger partial charge in [0.2, 0.25) is 10.0 Å². The summed E-state index contributed by atoms with van der Waals surface area (Å²) in [7, 11) is -2.33. The SMILES string of the molecule is CNS(=O)(=O)c1cc(NC(=O)c2cc3cc([N+](=O)[O-])ccc3s2)ccc1C. The van der Waals surface area contributed by atoms with E-state index >= 15 is 0 Å². The number of nitrogens with one attached hydrogen (secondary N) is 2. The number of non-ortho nitro benzene ring substituents is 1. The fraction of sp³-hybridized carbons (Fsp3) is 0.118. The van der Waals surface area contributed by atoms with E-state index in [0.29, 0.717) is 21.5 Å². The molecule has 0 radical (unpaired) electrons. The monoisotopic (exact) mass is 405 g/mol. The van der Waals surface area contributed by atoms with Gasteiger partial charge in [-0.05, 0) is 43.8 Å². The highest BCUT2D eigenvalue weighted by Crippen LogP contribution is 2.29. The number of carbonyl (C=O) groups is 1. The second-order valence-electron chi connectivity index (χ2n) is 5.73. The topological polar surface area (TPSA) is 118 Å². The van der Waals surface area contributed by atoms with Gasteiger partial charge in [-0.1, -0.05) is 6.07 Å². The Morgan fingerprint density at radius 2 is 1.89 bits per heavy atom. The number of carbonyl (C=O) groups excluding carboxylic acids is 1. The number of hydrogen-bond donors (Lipinski definition) is 2. The Morgan fingerprint density at radius 3 is 2.56 bits per heavy atom. The van der Waals surface area contributed by atoms with Gasteiger partial charge in [-0.15, -0.1) is 11.3 Å². The van der Waals surface area contributed by atoms with Crippen LogP contribution in [-0.2, 0) is 10.0 Å². The number of nitro benzene ring substituents is 1. The van der Waals surface area contributed by atoms with Crippen molar-refractivity contribution >= 4 is 48.7 Å². The minimum atomic E-state index is -3.65. The summed E-state index contributed by atoms with van der Waals surface area (Å²) >= 11 is 1.20. The lowest BCUT2D eigenvalue weighted by Gasteiger charge is -2.10. The number of thiophene rings is 1. The van der Waals surface area contributed by atoms with Gasteiger partial charge in [0.15, 0.2) is 0 Å². The molecule has 8 nitrogen and oxygen atoms in total. The summed E-state index contributed by atoms with van der Waals surface area (Å²) in [5.74, 6) is -0.421. The summed E-state index contributed by atoms with van der Waals surface area (Å²) in [6.45, 7) is 1.66. The van der Waals surface area contributed by atoms with Crippen molar-refractivity contribution < 1.29 is 18.1 Å². The molecule has 0 unspecified atom stereocenters. The molecule has 1 amide bonds. The molecule has 0 spiro atoms. The zero-order valence-corrected chi connectivity index (χ0v) is 16.0. The number of rotatable bonds is 5. The standard InChI is InChI=1S/C17H15N3O5S2/c1-10-3-4-12(9-16(10)27(24,25)18-2)19-17(21)15-8-11-7-13(20(22)23)5-6-14(11)26-15/h3-9,18H,1-2H3,(H,19,21). The van der Waals surface area contributed by atoms with Crippen LogP contribution in [0.1, 0.15) is 15.2 Å². The van der Waals surface area contributed by atoms with Crippen molar-refractivity contribution in [2.24, 2.45) is 0 Å². The maximum atomic E-state index is 12.5. The maximum Gasteiger partial charge on any atom is 0.270 e. The summed E-state index contributed by atoms with van der Waals surface area (Å²) < 4.78 is 27.1. The minimum Gasteiger partial charge on any atom is -0.321 e. The van der Waals surface area contributed by atoms with Gasteiger partial charge >= 0.3 is 0 Å². The molecule has 0 bridgehead atoms. The van der Waals surface area contributed by atoms with Crippen LogP contribution in [0.4, 0.5) is 11.4 Å². The summed E-state index contributed by atoms with van der Waals surface area (Å²) in [4.78, 5) is 23.3. The quantitative estimate of drug-likeness (QED) is 0.499. The zero-order chi connectivity index (χ0) is 19.8. The molecule has 0 saturated heterocycles. The summed E-state index contributed by atoms with van der Waals surface area (Å²) in [6.07, 6.45) is 0. The Bertz CT molecular complexity index is 1170. The van der Waals surface area contributed by atoms with Gasteiger partial charge < -0.3 is 5.32 Å². The second-order valence-corrected chi connectivity index (χ2v) is 8.67. The number of amides is 1. The average Bonchev–Trinajstić information content (AvgIpc) is 3.06. The van der Waals surface area contributed by atoms with Crippen molar-refractivity contribution in [3.63, 3.8) is 0 Å². The maximum absolute atomic E-state index is 12.5. The lowest BCUT2D eigenvalue weighted by atomic mass is 10.2. The molecule has 3 aromatic rings. The van der Waals surface area contributed by atoms with E-state index in [1.54, 1.807) is 31.2 Å². The number of fused-ring (bicyclic) bond motifs is 1. The number of nitro groups is 1. The van der Waals surface area contributed by atoms with E-state index in [0.717, 1.165) is 4.70 Å². The molecule has 3 rings (SSSR count). The van der Waals surface area contributed by atoms with Crippen LogP contribution in [0.2, 0.25) is 0 Å². The third kappa shape index (κ3) is 3.82. The molecule has 10 heteroatoms. The van der Waals surface area contributed by atoms with E-state index in [1.807, 2.05) is 0 Å². The van der Waals surface area contributed by atoms with Crippen molar-refractivity contribution in [3.05, 3.63) is 63.0 Å². The fourth-order valence-corrected chi connectivity index (χ4v) is 4.46. The average molecular weight is 405 g/mol. The van der Waals surface area contributed by atoms with E-state index in [9.17, 15) is 23.3 Å². The number of hydrogen-bond acceptors (Lipinski definition) is 6. The molecule has 0 atom stereocenters. The van der Waals surface area contributed by atoms with Gasteiger partial charge in [0.25, 0.3) is 11.6 Å². The lowest BCUT2D eigenvalue weighted by molar-refractivity contribution is -0.384. The molecule has 2 aromatic carbocycles. The van der Waals surface area contributed by atoms with Crippen LogP contribution < -0.4 is 10.0 Å². The van der Waals surface area contributed by atoms with Crippen LogP contribution in [0.25, 0.3) is 10.1 Å². The van der Waals surface area contributed by atoms with Crippen LogP contribution >= 0.6 is 11.3 Å². The molecule has 140 valence electrons. The Labute approximate surface area is 159 Å². The first-order valence-corrected chi connectivity index (χ1v) is 10.0. The van der Waals surface area contributed by atoms with E-state index in [4.69, 9.17) is 0 Å². The fourth-order valence-electron chi connectivity index (χ4n) is 2.53. The van der Waals surface area contributed by atoms with Crippen molar-refractivity contribution in [2.75, 3.05) is 12.4 Å². The largest absolute Gasteiger partial charge is 0.321 e. The smallest absolute Gasteiger partial charge is 0.270 e. The molecular formula is C17H15N3O5S2. The minimum absolute atomic E-state index is 0.0484. The van der Waals surface area contributed by atoms with Crippen LogP contribution in [0.5, 0.6) is 0 Å². The molecule has 0 aliphatic heterocycles. The lowest BCUT2D eigenvalue weighted by Crippen LogP contribution is -2.20. The van der Waals surface area contributed by atoms with Crippen molar-refractivity contribution in [2.45, 2.75) is 11.8 Å². The molecule has 0 aliphatic rings. The van der Waals surface area contributed by atoms with Crippen LogP contribution in [-0.4, -0.2) is 26.3 Å². The van der Waals surface area contributed by atoms with Crippen LogP contribution in [0.3, 0.4) is 0 Å². The summed E-state index contributed by atoms with van der Waals surface area (Å²) in [5.41, 5.74) is 0.840. The molecule has 27 heavy (non-hydrogen) atoms. The number of benzene rings is 2. The van der Waals surface area contributed by atoms with Crippen LogP contribution in [0, 0.1) is 17.0 Å². The molecule has 0 fully saturated rings. The highest BCUT2D eigenvalue weighted by molar-refractivity contribution is 7.89. The van der Waals surface area contributed by atoms with Crippen molar-refractivity contribution in [1.82, 2.24) is 4.72 Å². The summed E-state index contributed by atoms with van der Waals surface area (Å²) in [5, 5.41) is 14.1. The van der Waals surface area contributed by atoms with Crippen molar-refractivity contribution in [3.8, 4) is 0 Å². The van der Waals surface area contributed by atoms with Gasteiger partial charge in [0, 0.05) is 27.9 Å². The van der Waals surface area contributed by atoms with Gasteiger partial charge in [0.05, 0.1) is 14.7 Å². The first kappa shape index (κ1) is 19.0. The van der Waals surface area contributed by atoms with E-state index in [2.05, 4.69) is 10.0 Å². The molecule has 2 N–H and O–H groups in total. The Kier molecular flexibility index (Phi) is 4.96. The molecule has 1 aromatic heterocycles. The van der Waals surface area contributed by atoms with Crippen molar-refractivity contribution in [1.29, 1.82) is 0 Å². The third-order valence-electron chi connectivity index (χ3n) is 3.94. The Hall–Kier alpha value is -2.82. The van der Waals surface area contributed by atoms with E-state index in [1.165, 1.54) is 36.6 Å². The van der Waals surface area contributed by atoms with Crippen LogP contribution in [0.15, 0.2) is 47.4 Å². The first-order valence-electron chi connectivity index (χ1n) is 7.75. The second kappa shape index (κ2) is 7.06. The van der Waals surface area contributed by atoms with Gasteiger partial charge in [0.1, 0.15) is 0 Å². The van der Waals surface area contributed by atoms with Gasteiger partial charge in [-0.2, -0.15) is 0 Å². The number of sulfonamides is 1. The zero-order valence-electron chi connectivity index (χ0n) is 14.3. The third-order valence-corrected chi connectivity index (χ3v) is 6.61. The predicted octanol–water partition coefficient (Wildman–Crippen LogP) is 3.28. The Morgan fingerprint density at radius 1 is 1.15 bits per heavy atom. The molecule has 1 heterocycles. The predicted molar refractivity (Wildman–Crippen MR) is 104 cm³/mol. The highest BCUT2D eigenvalue weighted by atomic mass is 32.2. The number of anilines is 1. The van der Waals surface area contributed by atoms with E-state index < -0.39 is 20.9 Å². The molecule has 0 saturated carbocycles.